The Morgan fingerprint density at radius 2 is 2.20 bits per heavy atom. The predicted molar refractivity (Wildman–Crippen MR) is 83.2 cm³/mol. The van der Waals surface area contributed by atoms with E-state index in [0.717, 1.165) is 5.56 Å². The van der Waals surface area contributed by atoms with Gasteiger partial charge in [-0.15, -0.1) is 0 Å². The van der Waals surface area contributed by atoms with Crippen molar-refractivity contribution in [2.75, 3.05) is 30.5 Å². The maximum atomic E-state index is 12.1. The van der Waals surface area contributed by atoms with Crippen LogP contribution in [0.2, 0.25) is 0 Å². The normalized spacial score (nSPS) is 13.8. The fourth-order valence-corrected chi connectivity index (χ4v) is 2.76. The zero-order valence-corrected chi connectivity index (χ0v) is 13.0. The molecule has 5 nitrogen and oxygen atoms in total. The molecule has 112 valence electrons. The highest BCUT2D eigenvalue weighted by molar-refractivity contribution is 7.86. The lowest BCUT2D eigenvalue weighted by molar-refractivity contribution is -0.115. The molecule has 20 heavy (non-hydrogen) atoms. The van der Waals surface area contributed by atoms with E-state index in [1.54, 1.807) is 32.2 Å². The third kappa shape index (κ3) is 4.94. The SMILES string of the molecule is COCCCS(=O)C(C)C(=O)Nc1ccc(N)cc1C. The van der Waals surface area contributed by atoms with Gasteiger partial charge in [0, 0.05) is 41.6 Å². The second-order valence-electron chi connectivity index (χ2n) is 4.64. The molecule has 1 aromatic carbocycles. The minimum absolute atomic E-state index is 0.242. The molecule has 0 radical (unpaired) electrons. The number of anilines is 2. The number of carbonyl (C=O) groups is 1. The van der Waals surface area contributed by atoms with E-state index in [2.05, 4.69) is 5.32 Å². The summed E-state index contributed by atoms with van der Waals surface area (Å²) in [6.45, 7) is 4.09. The molecule has 0 aromatic heterocycles. The quantitative estimate of drug-likeness (QED) is 0.593. The van der Waals surface area contributed by atoms with Crippen LogP contribution in [-0.4, -0.2) is 34.8 Å². The molecule has 0 saturated carbocycles. The lowest BCUT2D eigenvalue weighted by atomic mass is 10.2. The molecule has 1 rings (SSSR count). The smallest absolute Gasteiger partial charge is 0.239 e. The van der Waals surface area contributed by atoms with Crippen molar-refractivity contribution < 1.29 is 13.7 Å². The molecule has 0 saturated heterocycles. The molecule has 0 aliphatic heterocycles. The third-order valence-electron chi connectivity index (χ3n) is 2.97. The van der Waals surface area contributed by atoms with E-state index in [4.69, 9.17) is 10.5 Å². The van der Waals surface area contributed by atoms with Gasteiger partial charge in [-0.2, -0.15) is 0 Å². The van der Waals surface area contributed by atoms with Crippen molar-refractivity contribution in [3.05, 3.63) is 23.8 Å². The summed E-state index contributed by atoms with van der Waals surface area (Å²) in [6.07, 6.45) is 0.682. The van der Waals surface area contributed by atoms with Crippen molar-refractivity contribution in [3.63, 3.8) is 0 Å². The van der Waals surface area contributed by atoms with E-state index >= 15 is 0 Å². The number of benzene rings is 1. The molecular formula is C14H22N2O3S. The topological polar surface area (TPSA) is 81.4 Å². The first kappa shape index (κ1) is 16.7. The summed E-state index contributed by atoms with van der Waals surface area (Å²) in [5.41, 5.74) is 7.89. The van der Waals surface area contributed by atoms with Crippen molar-refractivity contribution in [2.24, 2.45) is 0 Å². The molecule has 0 aliphatic rings. The standard InChI is InChI=1S/C14H22N2O3S/c1-10-9-12(15)5-6-13(10)16-14(17)11(2)20(18)8-4-7-19-3/h5-6,9,11H,4,7-8,15H2,1-3H3,(H,16,17). The Balaban J connectivity index is 2.59. The van der Waals surface area contributed by atoms with Crippen molar-refractivity contribution >= 4 is 28.1 Å². The number of amides is 1. The van der Waals surface area contributed by atoms with Crippen LogP contribution in [0.4, 0.5) is 11.4 Å². The fourth-order valence-electron chi connectivity index (χ4n) is 1.70. The molecule has 0 spiro atoms. The summed E-state index contributed by atoms with van der Waals surface area (Å²) in [4.78, 5) is 12.1. The van der Waals surface area contributed by atoms with Crippen molar-refractivity contribution in [3.8, 4) is 0 Å². The van der Waals surface area contributed by atoms with Gasteiger partial charge in [0.15, 0.2) is 0 Å². The van der Waals surface area contributed by atoms with E-state index in [1.165, 1.54) is 0 Å². The Bertz CT molecular complexity index is 491. The zero-order chi connectivity index (χ0) is 15.1. The number of carbonyl (C=O) groups excluding carboxylic acids is 1. The maximum absolute atomic E-state index is 12.1. The highest BCUT2D eigenvalue weighted by atomic mass is 32.2. The average Bonchev–Trinajstić information content (AvgIpc) is 2.41. The van der Waals surface area contributed by atoms with E-state index in [0.29, 0.717) is 30.2 Å². The molecule has 2 unspecified atom stereocenters. The Hall–Kier alpha value is -1.40. The lowest BCUT2D eigenvalue weighted by Gasteiger charge is -2.14. The van der Waals surface area contributed by atoms with Crippen LogP contribution in [0.25, 0.3) is 0 Å². The van der Waals surface area contributed by atoms with Crippen LogP contribution >= 0.6 is 0 Å². The van der Waals surface area contributed by atoms with E-state index in [1.807, 2.05) is 6.92 Å². The molecule has 1 amide bonds. The Labute approximate surface area is 122 Å². The summed E-state index contributed by atoms with van der Waals surface area (Å²) >= 11 is 0. The summed E-state index contributed by atoms with van der Waals surface area (Å²) < 4.78 is 16.9. The molecule has 0 bridgehead atoms. The van der Waals surface area contributed by atoms with Gasteiger partial charge < -0.3 is 15.8 Å². The molecule has 0 heterocycles. The second kappa shape index (κ2) is 8.01. The van der Waals surface area contributed by atoms with Crippen LogP contribution in [0.1, 0.15) is 18.9 Å². The number of nitrogens with two attached hydrogens (primary N) is 1. The zero-order valence-electron chi connectivity index (χ0n) is 12.1. The number of rotatable bonds is 7. The van der Waals surface area contributed by atoms with Crippen molar-refractivity contribution in [1.29, 1.82) is 0 Å². The first-order valence-electron chi connectivity index (χ1n) is 6.48. The van der Waals surface area contributed by atoms with E-state index in [9.17, 15) is 9.00 Å². The Kier molecular flexibility index (Phi) is 6.67. The van der Waals surface area contributed by atoms with Crippen LogP contribution in [0.5, 0.6) is 0 Å². The number of ether oxygens (including phenoxy) is 1. The predicted octanol–water partition coefficient (Wildman–Crippen LogP) is 1.69. The van der Waals surface area contributed by atoms with Gasteiger partial charge in [-0.1, -0.05) is 0 Å². The summed E-state index contributed by atoms with van der Waals surface area (Å²) in [7, 11) is 0.402. The highest BCUT2D eigenvalue weighted by Gasteiger charge is 2.20. The molecule has 0 fully saturated rings. The largest absolute Gasteiger partial charge is 0.399 e. The summed E-state index contributed by atoms with van der Waals surface area (Å²) in [5.74, 6) is 0.219. The number of nitrogen functional groups attached to an aromatic ring is 1. The fraction of sp³-hybridized carbons (Fsp3) is 0.500. The van der Waals surface area contributed by atoms with Crippen LogP contribution in [0.3, 0.4) is 0 Å². The number of hydrogen-bond donors (Lipinski definition) is 2. The van der Waals surface area contributed by atoms with E-state index < -0.39 is 16.0 Å². The monoisotopic (exact) mass is 298 g/mol. The third-order valence-corrected chi connectivity index (χ3v) is 4.66. The Morgan fingerprint density at radius 3 is 2.80 bits per heavy atom. The van der Waals surface area contributed by atoms with Gasteiger partial charge in [-0.25, -0.2) is 0 Å². The average molecular weight is 298 g/mol. The molecule has 6 heteroatoms. The number of methoxy groups -OCH3 is 1. The summed E-state index contributed by atoms with van der Waals surface area (Å²) in [6, 6.07) is 5.27. The first-order chi connectivity index (χ1) is 9.45. The van der Waals surface area contributed by atoms with Gasteiger partial charge in [0.25, 0.3) is 0 Å². The Morgan fingerprint density at radius 1 is 1.50 bits per heavy atom. The molecule has 3 N–H and O–H groups in total. The number of aryl methyl sites for hydroxylation is 1. The molecule has 0 aliphatic carbocycles. The van der Waals surface area contributed by atoms with Gasteiger partial charge in [0.05, 0.1) is 0 Å². The van der Waals surface area contributed by atoms with Gasteiger partial charge in [0.2, 0.25) is 5.91 Å². The highest BCUT2D eigenvalue weighted by Crippen LogP contribution is 2.18. The van der Waals surface area contributed by atoms with Crippen LogP contribution in [-0.2, 0) is 20.3 Å². The van der Waals surface area contributed by atoms with Gasteiger partial charge in [-0.05, 0) is 44.0 Å². The van der Waals surface area contributed by atoms with Gasteiger partial charge in [-0.3, -0.25) is 9.00 Å². The number of hydrogen-bond acceptors (Lipinski definition) is 4. The lowest BCUT2D eigenvalue weighted by Crippen LogP contribution is -2.30. The van der Waals surface area contributed by atoms with Crippen molar-refractivity contribution in [1.82, 2.24) is 0 Å². The first-order valence-corrected chi connectivity index (χ1v) is 7.87. The molecule has 1 aromatic rings. The molecule has 2 atom stereocenters. The summed E-state index contributed by atoms with van der Waals surface area (Å²) in [5, 5.41) is 2.24. The molecular weight excluding hydrogens is 276 g/mol. The van der Waals surface area contributed by atoms with Crippen molar-refractivity contribution in [2.45, 2.75) is 25.5 Å². The second-order valence-corrected chi connectivity index (χ2v) is 6.51. The van der Waals surface area contributed by atoms with Gasteiger partial charge >= 0.3 is 0 Å². The van der Waals surface area contributed by atoms with Crippen LogP contribution in [0.15, 0.2) is 18.2 Å². The minimum atomic E-state index is -1.20. The van der Waals surface area contributed by atoms with E-state index in [-0.39, 0.29) is 5.91 Å². The van der Waals surface area contributed by atoms with Crippen LogP contribution < -0.4 is 11.1 Å². The minimum Gasteiger partial charge on any atom is -0.399 e. The number of nitrogens with one attached hydrogen (secondary N) is 1. The maximum Gasteiger partial charge on any atom is 0.239 e. The van der Waals surface area contributed by atoms with Gasteiger partial charge in [0.1, 0.15) is 5.25 Å². The van der Waals surface area contributed by atoms with Crippen LogP contribution in [0, 0.1) is 6.92 Å².